The molecule has 0 saturated carbocycles. The molecule has 4 aromatic rings. The number of hydrogen-bond donors (Lipinski definition) is 1. The molecule has 0 radical (unpaired) electrons. The standard InChI is InChI=1S/C26H22N4O3/c1-3-29(22-10-6-8-17-7-4-5-9-21(17)22)25(31)18-11-13-20(14-12-18)30-16-19(15-27)23(28)24(30)26(32)33-2/h4-14,16H,3,28H2,1-2H3. The number of benzene rings is 3. The number of methoxy groups -OCH3 is 1. The van der Waals surface area contributed by atoms with E-state index < -0.39 is 5.97 Å². The third-order valence-corrected chi connectivity index (χ3v) is 5.55. The summed E-state index contributed by atoms with van der Waals surface area (Å²) in [5.41, 5.74) is 8.17. The van der Waals surface area contributed by atoms with Crippen LogP contribution in [0.5, 0.6) is 0 Å². The number of hydrogen-bond acceptors (Lipinski definition) is 5. The number of nitrogens with zero attached hydrogens (tertiary/aromatic N) is 3. The third kappa shape index (κ3) is 3.79. The Bertz CT molecular complexity index is 1390. The second-order valence-corrected chi connectivity index (χ2v) is 7.37. The van der Waals surface area contributed by atoms with Crippen molar-refractivity contribution in [3.8, 4) is 11.8 Å². The molecule has 0 atom stereocenters. The summed E-state index contributed by atoms with van der Waals surface area (Å²) in [4.78, 5) is 27.3. The van der Waals surface area contributed by atoms with Crippen LogP contribution in [-0.4, -0.2) is 30.1 Å². The van der Waals surface area contributed by atoms with Gasteiger partial charge in [-0.25, -0.2) is 4.79 Å². The molecule has 7 nitrogen and oxygen atoms in total. The van der Waals surface area contributed by atoms with E-state index >= 15 is 0 Å². The highest BCUT2D eigenvalue weighted by molar-refractivity contribution is 6.10. The fourth-order valence-corrected chi connectivity index (χ4v) is 3.91. The summed E-state index contributed by atoms with van der Waals surface area (Å²) in [6.07, 6.45) is 1.48. The van der Waals surface area contributed by atoms with Crippen molar-refractivity contribution in [2.75, 3.05) is 24.3 Å². The number of ether oxygens (including phenoxy) is 1. The highest BCUT2D eigenvalue weighted by atomic mass is 16.5. The van der Waals surface area contributed by atoms with Crippen molar-refractivity contribution in [1.29, 1.82) is 5.26 Å². The molecule has 33 heavy (non-hydrogen) atoms. The van der Waals surface area contributed by atoms with Gasteiger partial charge in [-0.2, -0.15) is 5.26 Å². The Labute approximate surface area is 191 Å². The van der Waals surface area contributed by atoms with Gasteiger partial charge in [0, 0.05) is 29.4 Å². The maximum Gasteiger partial charge on any atom is 0.357 e. The Balaban J connectivity index is 1.71. The van der Waals surface area contributed by atoms with Crippen LogP contribution >= 0.6 is 0 Å². The number of nitriles is 1. The molecule has 1 heterocycles. The summed E-state index contributed by atoms with van der Waals surface area (Å²) >= 11 is 0. The number of nitrogens with two attached hydrogens (primary N) is 1. The predicted molar refractivity (Wildman–Crippen MR) is 128 cm³/mol. The number of rotatable bonds is 5. The van der Waals surface area contributed by atoms with E-state index in [9.17, 15) is 14.9 Å². The Morgan fingerprint density at radius 2 is 1.76 bits per heavy atom. The minimum Gasteiger partial charge on any atom is -0.464 e. The molecule has 3 aromatic carbocycles. The van der Waals surface area contributed by atoms with E-state index in [0.29, 0.717) is 17.8 Å². The van der Waals surface area contributed by atoms with E-state index in [1.165, 1.54) is 17.9 Å². The highest BCUT2D eigenvalue weighted by Crippen LogP contribution is 2.29. The molecule has 0 bridgehead atoms. The smallest absolute Gasteiger partial charge is 0.357 e. The molecule has 0 aliphatic rings. The summed E-state index contributed by atoms with van der Waals surface area (Å²) < 4.78 is 6.32. The first-order valence-electron chi connectivity index (χ1n) is 10.4. The number of fused-ring (bicyclic) bond motifs is 1. The van der Waals surface area contributed by atoms with Gasteiger partial charge in [0.25, 0.3) is 5.91 Å². The molecule has 2 N–H and O–H groups in total. The average molecular weight is 438 g/mol. The van der Waals surface area contributed by atoms with E-state index in [0.717, 1.165) is 16.5 Å². The van der Waals surface area contributed by atoms with Gasteiger partial charge in [-0.3, -0.25) is 4.79 Å². The van der Waals surface area contributed by atoms with Crippen LogP contribution in [0.15, 0.2) is 72.9 Å². The third-order valence-electron chi connectivity index (χ3n) is 5.55. The highest BCUT2D eigenvalue weighted by Gasteiger charge is 2.22. The van der Waals surface area contributed by atoms with Crippen LogP contribution in [0.3, 0.4) is 0 Å². The van der Waals surface area contributed by atoms with Crippen molar-refractivity contribution in [2.45, 2.75) is 6.92 Å². The summed E-state index contributed by atoms with van der Waals surface area (Å²) in [5.74, 6) is -0.791. The SMILES string of the molecule is CCN(C(=O)c1ccc(-n2cc(C#N)c(N)c2C(=O)OC)cc1)c1cccc2ccccc12. The molecule has 1 aromatic heterocycles. The van der Waals surface area contributed by atoms with Gasteiger partial charge in [0.05, 0.1) is 24.0 Å². The van der Waals surface area contributed by atoms with E-state index in [1.807, 2.05) is 55.5 Å². The number of aromatic nitrogens is 1. The molecule has 1 amide bonds. The van der Waals surface area contributed by atoms with Gasteiger partial charge in [0.2, 0.25) is 0 Å². The van der Waals surface area contributed by atoms with Gasteiger partial charge in [-0.1, -0.05) is 36.4 Å². The lowest BCUT2D eigenvalue weighted by molar-refractivity contribution is 0.0593. The Morgan fingerprint density at radius 3 is 2.42 bits per heavy atom. The average Bonchev–Trinajstić information content (AvgIpc) is 3.20. The van der Waals surface area contributed by atoms with E-state index in [4.69, 9.17) is 10.5 Å². The van der Waals surface area contributed by atoms with Crippen molar-refractivity contribution in [3.05, 3.63) is 89.7 Å². The minimum atomic E-state index is -0.651. The monoisotopic (exact) mass is 438 g/mol. The number of nitrogen functional groups attached to an aromatic ring is 1. The molecular weight excluding hydrogens is 416 g/mol. The largest absolute Gasteiger partial charge is 0.464 e. The molecule has 0 aliphatic carbocycles. The lowest BCUT2D eigenvalue weighted by atomic mass is 10.1. The number of amides is 1. The van der Waals surface area contributed by atoms with Gasteiger partial charge in [0.15, 0.2) is 5.69 Å². The van der Waals surface area contributed by atoms with Gasteiger partial charge >= 0.3 is 5.97 Å². The van der Waals surface area contributed by atoms with Crippen LogP contribution in [0.4, 0.5) is 11.4 Å². The minimum absolute atomic E-state index is 0.0533. The number of esters is 1. The quantitative estimate of drug-likeness (QED) is 0.461. The predicted octanol–water partition coefficient (Wildman–Crippen LogP) is 4.54. The maximum atomic E-state index is 13.4. The van der Waals surface area contributed by atoms with Crippen molar-refractivity contribution in [1.82, 2.24) is 4.57 Å². The Hall–Kier alpha value is -4.57. The summed E-state index contributed by atoms with van der Waals surface area (Å²) in [7, 11) is 1.25. The lowest BCUT2D eigenvalue weighted by Crippen LogP contribution is -2.30. The van der Waals surface area contributed by atoms with Crippen LogP contribution in [0.2, 0.25) is 0 Å². The maximum absolute atomic E-state index is 13.4. The Morgan fingerprint density at radius 1 is 1.06 bits per heavy atom. The fraction of sp³-hybridized carbons (Fsp3) is 0.115. The van der Waals surface area contributed by atoms with Gasteiger partial charge in [0.1, 0.15) is 6.07 Å². The molecule has 4 rings (SSSR count). The molecule has 164 valence electrons. The first kappa shape index (κ1) is 21.7. The number of carbonyl (C=O) groups is 2. The normalized spacial score (nSPS) is 10.6. The van der Waals surface area contributed by atoms with E-state index in [1.54, 1.807) is 29.2 Å². The molecule has 7 heteroatoms. The number of anilines is 2. The van der Waals surface area contributed by atoms with Crippen LogP contribution < -0.4 is 10.6 Å². The van der Waals surface area contributed by atoms with Gasteiger partial charge < -0.3 is 19.9 Å². The fourth-order valence-electron chi connectivity index (χ4n) is 3.91. The van der Waals surface area contributed by atoms with Gasteiger partial charge in [-0.15, -0.1) is 0 Å². The van der Waals surface area contributed by atoms with Crippen molar-refractivity contribution < 1.29 is 14.3 Å². The zero-order valence-corrected chi connectivity index (χ0v) is 18.3. The number of carbonyl (C=O) groups excluding carboxylic acids is 2. The molecule has 0 saturated heterocycles. The lowest BCUT2D eigenvalue weighted by Gasteiger charge is -2.23. The van der Waals surface area contributed by atoms with E-state index in [-0.39, 0.29) is 22.9 Å². The summed E-state index contributed by atoms with van der Waals surface area (Å²) in [6, 6.07) is 22.6. The van der Waals surface area contributed by atoms with Crippen molar-refractivity contribution in [3.63, 3.8) is 0 Å². The first-order valence-corrected chi connectivity index (χ1v) is 10.4. The molecule has 0 unspecified atom stereocenters. The first-order chi connectivity index (χ1) is 16.0. The Kier molecular flexibility index (Phi) is 5.83. The van der Waals surface area contributed by atoms with Crippen molar-refractivity contribution >= 4 is 34.0 Å². The summed E-state index contributed by atoms with van der Waals surface area (Å²) in [6.45, 7) is 2.43. The van der Waals surface area contributed by atoms with Crippen LogP contribution in [0, 0.1) is 11.3 Å². The zero-order chi connectivity index (χ0) is 23.5. The van der Waals surface area contributed by atoms with E-state index in [2.05, 4.69) is 0 Å². The summed E-state index contributed by atoms with van der Waals surface area (Å²) in [5, 5.41) is 11.4. The molecule has 0 fully saturated rings. The van der Waals surface area contributed by atoms with Crippen LogP contribution in [0.1, 0.15) is 33.3 Å². The molecular formula is C26H22N4O3. The second kappa shape index (κ2) is 8.89. The topological polar surface area (TPSA) is 101 Å². The van der Waals surface area contributed by atoms with Crippen LogP contribution in [-0.2, 0) is 4.74 Å². The molecule has 0 aliphatic heterocycles. The van der Waals surface area contributed by atoms with Gasteiger partial charge in [-0.05, 0) is 42.6 Å². The van der Waals surface area contributed by atoms with Crippen molar-refractivity contribution in [2.24, 2.45) is 0 Å². The van der Waals surface area contributed by atoms with Crippen LogP contribution in [0.25, 0.3) is 16.5 Å². The molecule has 0 spiro atoms. The zero-order valence-electron chi connectivity index (χ0n) is 18.3. The second-order valence-electron chi connectivity index (χ2n) is 7.37.